The minimum absolute atomic E-state index is 0.161. The zero-order valence-corrected chi connectivity index (χ0v) is 9.63. The predicted molar refractivity (Wildman–Crippen MR) is 62.6 cm³/mol. The van der Waals surface area contributed by atoms with Crippen LogP contribution in [0.15, 0.2) is 12.1 Å². The van der Waals surface area contributed by atoms with Crippen molar-refractivity contribution in [1.82, 2.24) is 9.97 Å². The third-order valence-corrected chi connectivity index (χ3v) is 2.65. The molecule has 0 aliphatic rings. The average molecular weight is 239 g/mol. The van der Waals surface area contributed by atoms with Gasteiger partial charge in [-0.15, -0.1) is 0 Å². The Morgan fingerprint density at radius 2 is 2.06 bits per heavy atom. The van der Waals surface area contributed by atoms with Gasteiger partial charge in [-0.25, -0.2) is 13.8 Å². The summed E-state index contributed by atoms with van der Waals surface area (Å²) in [4.78, 5) is 7.19. The van der Waals surface area contributed by atoms with Crippen LogP contribution in [0.4, 0.5) is 8.78 Å². The summed E-state index contributed by atoms with van der Waals surface area (Å²) in [7, 11) is 0. The molecule has 1 heterocycles. The van der Waals surface area contributed by atoms with Gasteiger partial charge in [0.05, 0.1) is 11.0 Å². The molecule has 1 unspecified atom stereocenters. The van der Waals surface area contributed by atoms with Gasteiger partial charge in [0, 0.05) is 24.6 Å². The lowest BCUT2D eigenvalue weighted by Gasteiger charge is -2.01. The summed E-state index contributed by atoms with van der Waals surface area (Å²) in [6.07, 6.45) is 2.54. The molecule has 2 rings (SSSR count). The number of halogens is 2. The van der Waals surface area contributed by atoms with Crippen LogP contribution in [0.25, 0.3) is 11.0 Å². The van der Waals surface area contributed by atoms with Crippen molar-refractivity contribution in [2.45, 2.75) is 32.2 Å². The number of benzene rings is 1. The fourth-order valence-electron chi connectivity index (χ4n) is 1.77. The number of nitrogens with zero attached hydrogens (tertiary/aromatic N) is 1. The average Bonchev–Trinajstić information content (AvgIpc) is 2.60. The maximum atomic E-state index is 13.0. The van der Waals surface area contributed by atoms with Crippen LogP contribution in [0.3, 0.4) is 0 Å². The second kappa shape index (κ2) is 4.79. The van der Waals surface area contributed by atoms with Crippen LogP contribution in [-0.4, -0.2) is 16.0 Å². The number of fused-ring (bicyclic) bond motifs is 1. The van der Waals surface area contributed by atoms with Crippen molar-refractivity contribution in [3.8, 4) is 0 Å². The molecule has 2 aromatic rings. The molecular formula is C12H15F2N3. The Labute approximate surface area is 98.0 Å². The molecule has 92 valence electrons. The second-order valence-electron chi connectivity index (χ2n) is 4.34. The summed E-state index contributed by atoms with van der Waals surface area (Å²) in [5, 5.41) is 0. The summed E-state index contributed by atoms with van der Waals surface area (Å²) in [5.41, 5.74) is 6.63. The Morgan fingerprint density at radius 3 is 2.76 bits per heavy atom. The lowest BCUT2D eigenvalue weighted by Crippen LogP contribution is -2.14. The van der Waals surface area contributed by atoms with Crippen LogP contribution in [0.5, 0.6) is 0 Å². The monoisotopic (exact) mass is 239 g/mol. The van der Waals surface area contributed by atoms with Gasteiger partial charge in [0.15, 0.2) is 11.6 Å². The van der Waals surface area contributed by atoms with E-state index in [0.717, 1.165) is 37.2 Å². The van der Waals surface area contributed by atoms with E-state index >= 15 is 0 Å². The van der Waals surface area contributed by atoms with Gasteiger partial charge in [0.1, 0.15) is 5.82 Å². The van der Waals surface area contributed by atoms with Gasteiger partial charge < -0.3 is 10.7 Å². The van der Waals surface area contributed by atoms with Crippen molar-refractivity contribution in [2.24, 2.45) is 5.73 Å². The van der Waals surface area contributed by atoms with Crippen LogP contribution in [0.2, 0.25) is 0 Å². The van der Waals surface area contributed by atoms with Gasteiger partial charge in [-0.3, -0.25) is 0 Å². The molecule has 0 fully saturated rings. The van der Waals surface area contributed by atoms with Crippen LogP contribution in [-0.2, 0) is 6.42 Å². The third kappa shape index (κ3) is 2.79. The number of rotatable bonds is 4. The first-order valence-electron chi connectivity index (χ1n) is 5.65. The molecule has 17 heavy (non-hydrogen) atoms. The Morgan fingerprint density at radius 1 is 1.35 bits per heavy atom. The van der Waals surface area contributed by atoms with Crippen LogP contribution in [0.1, 0.15) is 25.6 Å². The number of aromatic nitrogens is 2. The maximum absolute atomic E-state index is 13.0. The lowest BCUT2D eigenvalue weighted by atomic mass is 10.1. The highest BCUT2D eigenvalue weighted by molar-refractivity contribution is 5.75. The molecule has 0 aliphatic heterocycles. The van der Waals surface area contributed by atoms with Crippen molar-refractivity contribution < 1.29 is 8.78 Å². The van der Waals surface area contributed by atoms with E-state index in [9.17, 15) is 8.78 Å². The molecule has 3 nitrogen and oxygen atoms in total. The van der Waals surface area contributed by atoms with E-state index in [1.807, 2.05) is 6.92 Å². The molecule has 0 bridgehead atoms. The van der Waals surface area contributed by atoms with Crippen LogP contribution < -0.4 is 5.73 Å². The van der Waals surface area contributed by atoms with Gasteiger partial charge in [-0.2, -0.15) is 0 Å². The quantitative estimate of drug-likeness (QED) is 0.861. The molecule has 0 aliphatic carbocycles. The Kier molecular flexibility index (Phi) is 3.38. The Hall–Kier alpha value is -1.49. The molecule has 0 amide bonds. The molecule has 0 radical (unpaired) electrons. The molecule has 1 atom stereocenters. The smallest absolute Gasteiger partial charge is 0.161 e. The summed E-state index contributed by atoms with van der Waals surface area (Å²) in [6.45, 7) is 1.95. The van der Waals surface area contributed by atoms with Crippen LogP contribution >= 0.6 is 0 Å². The Bertz CT molecular complexity index is 481. The molecule has 0 spiro atoms. The van der Waals surface area contributed by atoms with Gasteiger partial charge in [0.25, 0.3) is 0 Å². The number of H-pyrrole nitrogens is 1. The van der Waals surface area contributed by atoms with Gasteiger partial charge >= 0.3 is 0 Å². The highest BCUT2D eigenvalue weighted by Gasteiger charge is 2.08. The predicted octanol–water partition coefficient (Wildman–Crippen LogP) is 2.51. The van der Waals surface area contributed by atoms with Gasteiger partial charge in [-0.1, -0.05) is 0 Å². The highest BCUT2D eigenvalue weighted by Crippen LogP contribution is 2.17. The van der Waals surface area contributed by atoms with Crippen molar-refractivity contribution in [3.05, 3.63) is 29.6 Å². The first kappa shape index (κ1) is 12.0. The molecule has 5 heteroatoms. The number of nitrogens with one attached hydrogen (secondary N) is 1. The van der Waals surface area contributed by atoms with Gasteiger partial charge in [-0.05, 0) is 19.8 Å². The molecule has 3 N–H and O–H groups in total. The van der Waals surface area contributed by atoms with E-state index in [1.54, 1.807) is 0 Å². The van der Waals surface area contributed by atoms with Gasteiger partial charge in [0.2, 0.25) is 0 Å². The molecular weight excluding hydrogens is 224 g/mol. The van der Waals surface area contributed by atoms with E-state index in [0.29, 0.717) is 11.0 Å². The number of aryl methyl sites for hydroxylation is 1. The van der Waals surface area contributed by atoms with Crippen molar-refractivity contribution in [3.63, 3.8) is 0 Å². The molecule has 0 saturated heterocycles. The zero-order chi connectivity index (χ0) is 12.4. The third-order valence-electron chi connectivity index (χ3n) is 2.65. The summed E-state index contributed by atoms with van der Waals surface area (Å²) >= 11 is 0. The van der Waals surface area contributed by atoms with E-state index in [1.165, 1.54) is 0 Å². The summed E-state index contributed by atoms with van der Waals surface area (Å²) in [6, 6.07) is 2.40. The normalized spacial score (nSPS) is 13.2. The minimum atomic E-state index is -0.869. The molecule has 1 aromatic carbocycles. The van der Waals surface area contributed by atoms with Crippen molar-refractivity contribution >= 4 is 11.0 Å². The standard InChI is InChI=1S/C12H15F2N3/c1-7(15)3-2-4-12-16-10-5-8(13)9(14)6-11(10)17-12/h5-7H,2-4,15H2,1H3,(H,16,17). The summed E-state index contributed by atoms with van der Waals surface area (Å²) in [5.74, 6) is -0.986. The fraction of sp³-hybridized carbons (Fsp3) is 0.417. The van der Waals surface area contributed by atoms with E-state index in [-0.39, 0.29) is 6.04 Å². The number of hydrogen-bond acceptors (Lipinski definition) is 2. The first-order valence-corrected chi connectivity index (χ1v) is 5.65. The van der Waals surface area contributed by atoms with Crippen LogP contribution in [0, 0.1) is 11.6 Å². The Balaban J connectivity index is 2.14. The highest BCUT2D eigenvalue weighted by atomic mass is 19.2. The number of aromatic amines is 1. The topological polar surface area (TPSA) is 54.7 Å². The van der Waals surface area contributed by atoms with E-state index < -0.39 is 11.6 Å². The second-order valence-corrected chi connectivity index (χ2v) is 4.34. The zero-order valence-electron chi connectivity index (χ0n) is 9.63. The number of hydrogen-bond donors (Lipinski definition) is 2. The largest absolute Gasteiger partial charge is 0.342 e. The molecule has 0 saturated carbocycles. The fourth-order valence-corrected chi connectivity index (χ4v) is 1.77. The first-order chi connectivity index (χ1) is 8.06. The van der Waals surface area contributed by atoms with Crippen molar-refractivity contribution in [2.75, 3.05) is 0 Å². The molecule has 1 aromatic heterocycles. The minimum Gasteiger partial charge on any atom is -0.342 e. The SMILES string of the molecule is CC(N)CCCc1nc2cc(F)c(F)cc2[nH]1. The van der Waals surface area contributed by atoms with E-state index in [2.05, 4.69) is 9.97 Å². The summed E-state index contributed by atoms with van der Waals surface area (Å²) < 4.78 is 25.9. The maximum Gasteiger partial charge on any atom is 0.161 e. The number of imidazole rings is 1. The van der Waals surface area contributed by atoms with Crippen molar-refractivity contribution in [1.29, 1.82) is 0 Å². The lowest BCUT2D eigenvalue weighted by molar-refractivity contribution is 0.510. The number of nitrogens with two attached hydrogens (primary N) is 1. The van der Waals surface area contributed by atoms with E-state index in [4.69, 9.17) is 5.73 Å².